The van der Waals surface area contributed by atoms with Crippen molar-refractivity contribution in [3.05, 3.63) is 58.9 Å². The lowest BCUT2D eigenvalue weighted by molar-refractivity contribution is 0.0951. The molecule has 0 aliphatic rings. The van der Waals surface area contributed by atoms with Crippen molar-refractivity contribution in [3.8, 4) is 0 Å². The van der Waals surface area contributed by atoms with E-state index in [9.17, 15) is 4.79 Å². The van der Waals surface area contributed by atoms with Gasteiger partial charge in [0.15, 0.2) is 0 Å². The van der Waals surface area contributed by atoms with Gasteiger partial charge in [0.25, 0.3) is 5.91 Å². The molecule has 1 heterocycles. The number of rotatable bonds is 3. The minimum absolute atomic E-state index is 0.218. The van der Waals surface area contributed by atoms with Crippen molar-refractivity contribution >= 4 is 23.2 Å². The molecule has 92 valence electrons. The Balaban J connectivity index is 2.01. The second-order valence-electron chi connectivity index (χ2n) is 3.77. The number of anilines is 1. The summed E-state index contributed by atoms with van der Waals surface area (Å²) in [5.41, 5.74) is 7.44. The van der Waals surface area contributed by atoms with Crippen molar-refractivity contribution < 1.29 is 4.79 Å². The van der Waals surface area contributed by atoms with Gasteiger partial charge in [0.1, 0.15) is 0 Å². The van der Waals surface area contributed by atoms with E-state index in [1.807, 2.05) is 12.1 Å². The molecule has 3 N–H and O–H groups in total. The van der Waals surface area contributed by atoms with Crippen molar-refractivity contribution in [1.29, 1.82) is 0 Å². The Morgan fingerprint density at radius 1 is 1.28 bits per heavy atom. The zero-order chi connectivity index (χ0) is 13.0. The highest BCUT2D eigenvalue weighted by Gasteiger charge is 2.08. The minimum atomic E-state index is -0.218. The van der Waals surface area contributed by atoms with Gasteiger partial charge in [-0.05, 0) is 23.8 Å². The first-order valence-electron chi connectivity index (χ1n) is 5.39. The van der Waals surface area contributed by atoms with Crippen LogP contribution >= 0.6 is 11.6 Å². The van der Waals surface area contributed by atoms with E-state index >= 15 is 0 Å². The predicted octanol–water partition coefficient (Wildman–Crippen LogP) is 2.25. The number of nitrogens with two attached hydrogens (primary N) is 1. The average Bonchev–Trinajstić information content (AvgIpc) is 2.38. The number of nitrogen functional groups attached to an aromatic ring is 1. The third-order valence-electron chi connectivity index (χ3n) is 2.46. The van der Waals surface area contributed by atoms with Gasteiger partial charge < -0.3 is 11.1 Å². The first-order chi connectivity index (χ1) is 8.66. The number of hydrogen-bond donors (Lipinski definition) is 2. The number of carbonyl (C=O) groups excluding carboxylic acids is 1. The highest BCUT2D eigenvalue weighted by Crippen LogP contribution is 2.11. The topological polar surface area (TPSA) is 68.0 Å². The molecular weight excluding hydrogens is 250 g/mol. The molecule has 0 aliphatic carbocycles. The molecule has 0 fully saturated rings. The molecule has 1 aromatic carbocycles. The summed E-state index contributed by atoms with van der Waals surface area (Å²) < 4.78 is 0. The summed E-state index contributed by atoms with van der Waals surface area (Å²) in [6, 6.07) is 8.87. The number of pyridine rings is 1. The van der Waals surface area contributed by atoms with Crippen LogP contribution in [-0.2, 0) is 6.54 Å². The number of aromatic nitrogens is 1. The van der Waals surface area contributed by atoms with E-state index in [1.165, 1.54) is 12.4 Å². The summed E-state index contributed by atoms with van der Waals surface area (Å²) in [7, 11) is 0. The fraction of sp³-hybridized carbons (Fsp3) is 0.0769. The number of benzene rings is 1. The number of amides is 1. The van der Waals surface area contributed by atoms with Gasteiger partial charge in [-0.3, -0.25) is 9.78 Å². The number of carbonyl (C=O) groups is 1. The van der Waals surface area contributed by atoms with Crippen molar-refractivity contribution in [1.82, 2.24) is 10.3 Å². The van der Waals surface area contributed by atoms with Gasteiger partial charge in [0, 0.05) is 17.8 Å². The molecule has 0 aliphatic heterocycles. The molecule has 0 radical (unpaired) electrons. The molecule has 0 spiro atoms. The van der Waals surface area contributed by atoms with Crippen LogP contribution in [0, 0.1) is 0 Å². The molecule has 2 aromatic rings. The van der Waals surface area contributed by atoms with Gasteiger partial charge in [0.05, 0.1) is 17.4 Å². The maximum atomic E-state index is 11.9. The summed E-state index contributed by atoms with van der Waals surface area (Å²) in [5.74, 6) is -0.218. The molecule has 18 heavy (non-hydrogen) atoms. The standard InChI is InChI=1S/C13H12ClN3O/c14-10-3-1-9(2-4-10)7-17-13(18)11-5-6-16-8-12(11)15/h1-6,8H,7,15H2,(H,17,18). The fourth-order valence-electron chi connectivity index (χ4n) is 1.49. The number of halogens is 1. The Labute approximate surface area is 110 Å². The molecule has 0 saturated heterocycles. The van der Waals surface area contributed by atoms with Crippen LogP contribution in [0.15, 0.2) is 42.7 Å². The fourth-order valence-corrected chi connectivity index (χ4v) is 1.62. The quantitative estimate of drug-likeness (QED) is 0.890. The van der Waals surface area contributed by atoms with Gasteiger partial charge >= 0.3 is 0 Å². The largest absolute Gasteiger partial charge is 0.397 e. The Hall–Kier alpha value is -2.07. The Morgan fingerprint density at radius 2 is 2.00 bits per heavy atom. The summed E-state index contributed by atoms with van der Waals surface area (Å²) >= 11 is 5.78. The van der Waals surface area contributed by atoms with Crippen molar-refractivity contribution in [2.45, 2.75) is 6.54 Å². The van der Waals surface area contributed by atoms with Crippen LogP contribution in [0.2, 0.25) is 5.02 Å². The molecule has 0 atom stereocenters. The van der Waals surface area contributed by atoms with Crippen LogP contribution in [0.4, 0.5) is 5.69 Å². The first-order valence-corrected chi connectivity index (χ1v) is 5.77. The lowest BCUT2D eigenvalue weighted by Gasteiger charge is -2.07. The number of hydrogen-bond acceptors (Lipinski definition) is 3. The SMILES string of the molecule is Nc1cnccc1C(=O)NCc1ccc(Cl)cc1. The monoisotopic (exact) mass is 261 g/mol. The Kier molecular flexibility index (Phi) is 3.79. The molecule has 5 heteroatoms. The third-order valence-corrected chi connectivity index (χ3v) is 2.71. The molecule has 2 rings (SSSR count). The minimum Gasteiger partial charge on any atom is -0.397 e. The zero-order valence-electron chi connectivity index (χ0n) is 9.56. The van der Waals surface area contributed by atoms with E-state index in [2.05, 4.69) is 10.3 Å². The van der Waals surface area contributed by atoms with Crippen LogP contribution in [0.1, 0.15) is 15.9 Å². The van der Waals surface area contributed by atoms with Crippen LogP contribution in [0.3, 0.4) is 0 Å². The van der Waals surface area contributed by atoms with Crippen LogP contribution in [0.25, 0.3) is 0 Å². The van der Waals surface area contributed by atoms with Gasteiger partial charge in [-0.15, -0.1) is 0 Å². The lowest BCUT2D eigenvalue weighted by atomic mass is 10.2. The van der Waals surface area contributed by atoms with Crippen LogP contribution < -0.4 is 11.1 Å². The van der Waals surface area contributed by atoms with E-state index in [0.29, 0.717) is 22.8 Å². The van der Waals surface area contributed by atoms with E-state index in [1.54, 1.807) is 18.2 Å². The highest BCUT2D eigenvalue weighted by atomic mass is 35.5. The van der Waals surface area contributed by atoms with Gasteiger partial charge in [0.2, 0.25) is 0 Å². The van der Waals surface area contributed by atoms with E-state index in [4.69, 9.17) is 17.3 Å². The molecule has 1 amide bonds. The number of nitrogens with one attached hydrogen (secondary N) is 1. The average molecular weight is 262 g/mol. The molecule has 0 saturated carbocycles. The van der Waals surface area contributed by atoms with Crippen LogP contribution in [0.5, 0.6) is 0 Å². The normalized spacial score (nSPS) is 10.1. The Bertz CT molecular complexity index is 554. The van der Waals surface area contributed by atoms with Crippen molar-refractivity contribution in [2.24, 2.45) is 0 Å². The van der Waals surface area contributed by atoms with Gasteiger partial charge in [-0.1, -0.05) is 23.7 Å². The van der Waals surface area contributed by atoms with E-state index in [0.717, 1.165) is 5.56 Å². The predicted molar refractivity (Wildman–Crippen MR) is 71.3 cm³/mol. The van der Waals surface area contributed by atoms with Gasteiger partial charge in [-0.25, -0.2) is 0 Å². The Morgan fingerprint density at radius 3 is 2.67 bits per heavy atom. The van der Waals surface area contributed by atoms with E-state index < -0.39 is 0 Å². The lowest BCUT2D eigenvalue weighted by Crippen LogP contribution is -2.23. The summed E-state index contributed by atoms with van der Waals surface area (Å²) in [6.07, 6.45) is 2.99. The first kappa shape index (κ1) is 12.4. The third kappa shape index (κ3) is 2.99. The van der Waals surface area contributed by atoms with E-state index in [-0.39, 0.29) is 5.91 Å². The molecule has 0 unspecified atom stereocenters. The smallest absolute Gasteiger partial charge is 0.253 e. The molecule has 0 bridgehead atoms. The maximum absolute atomic E-state index is 11.9. The second kappa shape index (κ2) is 5.51. The molecule has 4 nitrogen and oxygen atoms in total. The molecule has 1 aromatic heterocycles. The maximum Gasteiger partial charge on any atom is 0.253 e. The summed E-state index contributed by atoms with van der Waals surface area (Å²) in [6.45, 7) is 0.428. The second-order valence-corrected chi connectivity index (χ2v) is 4.21. The summed E-state index contributed by atoms with van der Waals surface area (Å²) in [5, 5.41) is 3.46. The van der Waals surface area contributed by atoms with Crippen molar-refractivity contribution in [3.63, 3.8) is 0 Å². The zero-order valence-corrected chi connectivity index (χ0v) is 10.3. The molecular formula is C13H12ClN3O. The van der Waals surface area contributed by atoms with Gasteiger partial charge in [-0.2, -0.15) is 0 Å². The van der Waals surface area contributed by atoms with Crippen molar-refractivity contribution in [2.75, 3.05) is 5.73 Å². The highest BCUT2D eigenvalue weighted by molar-refractivity contribution is 6.30. The summed E-state index contributed by atoms with van der Waals surface area (Å²) in [4.78, 5) is 15.7. The number of nitrogens with zero attached hydrogens (tertiary/aromatic N) is 1. The van der Waals surface area contributed by atoms with Crippen LogP contribution in [-0.4, -0.2) is 10.9 Å².